The molecule has 1 N–H and O–H groups in total. The van der Waals surface area contributed by atoms with Gasteiger partial charge in [-0.15, -0.1) is 29.3 Å². The largest absolute Gasteiger partial charge is 0.512 e. The molecular weight excluding hydrogens is 723 g/mol. The van der Waals surface area contributed by atoms with E-state index in [9.17, 15) is 9.90 Å². The molecule has 5 heteroatoms. The topological polar surface area (TPSA) is 63.3 Å². The van der Waals surface area contributed by atoms with E-state index in [0.717, 1.165) is 33.7 Å². The van der Waals surface area contributed by atoms with Crippen molar-refractivity contribution >= 4 is 27.7 Å². The Bertz CT molecular complexity index is 1910. The number of fused-ring (bicyclic) bond motifs is 6. The van der Waals surface area contributed by atoms with E-state index in [-0.39, 0.29) is 42.5 Å². The number of aromatic nitrogens is 1. The van der Waals surface area contributed by atoms with Crippen LogP contribution < -0.4 is 0 Å². The number of para-hydroxylation sites is 1. The predicted octanol–water partition coefficient (Wildman–Crippen LogP) is 10.5. The fourth-order valence-electron chi connectivity index (χ4n) is 5.81. The van der Waals surface area contributed by atoms with Crippen LogP contribution in [0, 0.1) is 30.7 Å². The minimum absolute atomic E-state index is 0. The summed E-state index contributed by atoms with van der Waals surface area (Å²) in [5.41, 5.74) is 9.23. The number of aliphatic hydroxyl groups is 1. The van der Waals surface area contributed by atoms with Gasteiger partial charge >= 0.3 is 0 Å². The fourth-order valence-corrected chi connectivity index (χ4v) is 5.81. The molecule has 0 spiro atoms. The minimum atomic E-state index is -0.417. The van der Waals surface area contributed by atoms with E-state index < -0.39 is 5.41 Å². The van der Waals surface area contributed by atoms with Crippen LogP contribution in [0.15, 0.2) is 76.9 Å². The Balaban J connectivity index is 0.000000271. The van der Waals surface area contributed by atoms with Crippen molar-refractivity contribution in [2.75, 3.05) is 0 Å². The molecule has 2 heterocycles. The Morgan fingerprint density at radius 1 is 0.909 bits per heavy atom. The quantitative estimate of drug-likeness (QED) is 0.110. The number of hydrogen-bond acceptors (Lipinski definition) is 4. The van der Waals surface area contributed by atoms with Gasteiger partial charge < -0.3 is 9.52 Å². The smallest absolute Gasteiger partial charge is 0.164 e. The Hall–Kier alpha value is -3.53. The number of pyridine rings is 1. The van der Waals surface area contributed by atoms with Gasteiger partial charge in [-0.2, -0.15) is 0 Å². The van der Waals surface area contributed by atoms with Gasteiger partial charge in [0.05, 0.1) is 5.52 Å². The third-order valence-corrected chi connectivity index (χ3v) is 8.28. The standard InChI is InChI=1S/C28H22NO.C11H20O2.Ir/c1-16-14-17(2)18-12-13-22(29-23(18)15-16)19-9-7-10-21-25(19)28(3,4)26-20-8-5-6-11-24(20)30-27(21)26;1-10(2,3)8(12)7-9(13)11(4,5)6;/h5-8,10-15H,1-4H3;7,12H,1-6H3;/q-1;;/b;8-7-;. The summed E-state index contributed by atoms with van der Waals surface area (Å²) < 4.78 is 6.33. The first-order chi connectivity index (χ1) is 20.0. The number of furan rings is 1. The normalized spacial score (nSPS) is 14.0. The third kappa shape index (κ3) is 6.05. The average molecular weight is 765 g/mol. The van der Waals surface area contributed by atoms with Gasteiger partial charge in [-0.3, -0.25) is 9.78 Å². The summed E-state index contributed by atoms with van der Waals surface area (Å²) in [6.45, 7) is 20.0. The number of hydrogen-bond donors (Lipinski definition) is 1. The molecule has 5 aromatic rings. The molecule has 0 aliphatic heterocycles. The van der Waals surface area contributed by atoms with Gasteiger partial charge in [0.2, 0.25) is 0 Å². The molecule has 3 aromatic carbocycles. The second kappa shape index (κ2) is 11.8. The third-order valence-electron chi connectivity index (χ3n) is 8.28. The first-order valence-electron chi connectivity index (χ1n) is 14.9. The molecule has 231 valence electrons. The summed E-state index contributed by atoms with van der Waals surface area (Å²) >= 11 is 0. The van der Waals surface area contributed by atoms with Crippen molar-refractivity contribution in [2.24, 2.45) is 10.8 Å². The summed E-state index contributed by atoms with van der Waals surface area (Å²) in [5, 5.41) is 12.0. The second-order valence-corrected chi connectivity index (χ2v) is 14.3. The molecule has 0 atom stereocenters. The molecular formula is C39H42IrNO3-. The number of carbonyl (C=O) groups excluding carboxylic acids is 1. The van der Waals surface area contributed by atoms with Crippen molar-refractivity contribution in [1.29, 1.82) is 0 Å². The van der Waals surface area contributed by atoms with E-state index in [1.165, 1.54) is 39.1 Å². The number of ketones is 1. The number of aryl methyl sites for hydroxylation is 2. The first kappa shape index (κ1) is 33.4. The molecule has 44 heavy (non-hydrogen) atoms. The summed E-state index contributed by atoms with van der Waals surface area (Å²) in [5.74, 6) is 1.09. The van der Waals surface area contributed by atoms with Crippen molar-refractivity contribution in [2.45, 2.75) is 74.7 Å². The molecule has 2 aromatic heterocycles. The predicted molar refractivity (Wildman–Crippen MR) is 177 cm³/mol. The minimum Gasteiger partial charge on any atom is -0.512 e. The monoisotopic (exact) mass is 765 g/mol. The first-order valence-corrected chi connectivity index (χ1v) is 14.9. The molecule has 0 bridgehead atoms. The summed E-state index contributed by atoms with van der Waals surface area (Å²) in [4.78, 5) is 16.5. The zero-order valence-electron chi connectivity index (χ0n) is 27.4. The van der Waals surface area contributed by atoms with Crippen molar-refractivity contribution < 1.29 is 34.4 Å². The van der Waals surface area contributed by atoms with Crippen molar-refractivity contribution in [1.82, 2.24) is 4.98 Å². The van der Waals surface area contributed by atoms with E-state index in [1.807, 2.05) is 53.7 Å². The van der Waals surface area contributed by atoms with Crippen molar-refractivity contribution in [3.8, 4) is 22.6 Å². The molecule has 0 amide bonds. The van der Waals surface area contributed by atoms with Crippen LogP contribution in [-0.4, -0.2) is 15.9 Å². The maximum atomic E-state index is 11.5. The van der Waals surface area contributed by atoms with Crippen LogP contribution in [0.4, 0.5) is 0 Å². The van der Waals surface area contributed by atoms with Crippen LogP contribution in [-0.2, 0) is 30.3 Å². The van der Waals surface area contributed by atoms with Gasteiger partial charge in [0.1, 0.15) is 17.1 Å². The number of allylic oxidation sites excluding steroid dienone is 2. The Morgan fingerprint density at radius 3 is 2.25 bits per heavy atom. The van der Waals surface area contributed by atoms with Crippen LogP contribution in [0.2, 0.25) is 0 Å². The zero-order valence-corrected chi connectivity index (χ0v) is 29.8. The molecule has 0 unspecified atom stereocenters. The van der Waals surface area contributed by atoms with E-state index >= 15 is 0 Å². The van der Waals surface area contributed by atoms with E-state index in [4.69, 9.17) is 9.40 Å². The maximum Gasteiger partial charge on any atom is 0.164 e. The van der Waals surface area contributed by atoms with Crippen LogP contribution in [0.1, 0.15) is 77.6 Å². The Morgan fingerprint density at radius 2 is 1.59 bits per heavy atom. The van der Waals surface area contributed by atoms with Gasteiger partial charge in [-0.1, -0.05) is 97.4 Å². The Kier molecular flexibility index (Phi) is 8.92. The van der Waals surface area contributed by atoms with Gasteiger partial charge in [0.25, 0.3) is 0 Å². The number of carbonyl (C=O) groups is 1. The van der Waals surface area contributed by atoms with Gasteiger partial charge in [0.15, 0.2) is 5.78 Å². The molecule has 4 nitrogen and oxygen atoms in total. The number of benzene rings is 3. The number of nitrogens with zero attached hydrogens (tertiary/aromatic N) is 1. The van der Waals surface area contributed by atoms with E-state index in [0.29, 0.717) is 0 Å². The molecule has 1 aliphatic carbocycles. The van der Waals surface area contributed by atoms with Gasteiger partial charge in [-0.25, -0.2) is 0 Å². The number of rotatable bonds is 2. The van der Waals surface area contributed by atoms with Crippen molar-refractivity contribution in [3.05, 3.63) is 101 Å². The summed E-state index contributed by atoms with van der Waals surface area (Å²) in [7, 11) is 0. The van der Waals surface area contributed by atoms with E-state index in [1.54, 1.807) is 0 Å². The summed E-state index contributed by atoms with van der Waals surface area (Å²) in [6, 6.07) is 24.7. The molecule has 0 saturated carbocycles. The van der Waals surface area contributed by atoms with Crippen LogP contribution in [0.5, 0.6) is 0 Å². The SMILES string of the molecule is CC(C)(C)C(=O)/C=C(\O)C(C)(C)C.Cc1cc(C)c2ccc(-c3[c-]ccc4c3C(C)(C)c3c-4oc4ccccc34)nc2c1.[Ir]. The van der Waals surface area contributed by atoms with Crippen LogP contribution in [0.25, 0.3) is 44.5 Å². The molecule has 6 rings (SSSR count). The molecule has 0 fully saturated rings. The zero-order chi connectivity index (χ0) is 31.5. The molecule has 1 aliphatic rings. The van der Waals surface area contributed by atoms with Gasteiger partial charge in [-0.05, 0) is 48.2 Å². The Labute approximate surface area is 275 Å². The fraction of sp³-hybridized carbons (Fsp3) is 0.333. The average Bonchev–Trinajstić information content (AvgIpc) is 3.41. The maximum absolute atomic E-state index is 11.5. The second-order valence-electron chi connectivity index (χ2n) is 14.3. The molecule has 1 radical (unpaired) electrons. The molecule has 0 saturated heterocycles. The van der Waals surface area contributed by atoms with Crippen LogP contribution >= 0.6 is 0 Å². The van der Waals surface area contributed by atoms with Crippen LogP contribution in [0.3, 0.4) is 0 Å². The van der Waals surface area contributed by atoms with E-state index in [2.05, 4.69) is 82.3 Å². The van der Waals surface area contributed by atoms with Crippen molar-refractivity contribution in [3.63, 3.8) is 0 Å². The summed E-state index contributed by atoms with van der Waals surface area (Å²) in [6.07, 6.45) is 1.33. The van der Waals surface area contributed by atoms with Gasteiger partial charge in [0, 0.05) is 53.3 Å². The number of aliphatic hydroxyl groups excluding tert-OH is 1.